The van der Waals surface area contributed by atoms with E-state index in [1.165, 1.54) is 32.1 Å². The zero-order chi connectivity index (χ0) is 14.6. The zero-order valence-electron chi connectivity index (χ0n) is 13.0. The van der Waals surface area contributed by atoms with Crippen LogP contribution >= 0.6 is 0 Å². The lowest BCUT2D eigenvalue weighted by Gasteiger charge is -2.23. The highest BCUT2D eigenvalue weighted by Gasteiger charge is 2.21. The van der Waals surface area contributed by atoms with Gasteiger partial charge in [-0.25, -0.2) is 0 Å². The minimum Gasteiger partial charge on any atom is -0.392 e. The summed E-state index contributed by atoms with van der Waals surface area (Å²) in [6.45, 7) is 3.83. The van der Waals surface area contributed by atoms with Crippen molar-refractivity contribution in [2.45, 2.75) is 83.0 Å². The Morgan fingerprint density at radius 2 is 1.95 bits per heavy atom. The third-order valence-corrected chi connectivity index (χ3v) is 4.05. The van der Waals surface area contributed by atoms with Crippen LogP contribution in [-0.2, 0) is 4.74 Å². The second-order valence-corrected chi connectivity index (χ2v) is 6.01. The highest BCUT2D eigenvalue weighted by atomic mass is 16.5. The van der Waals surface area contributed by atoms with Crippen molar-refractivity contribution in [3.8, 4) is 0 Å². The Morgan fingerprint density at radius 3 is 2.75 bits per heavy atom. The molecule has 1 aliphatic rings. The third kappa shape index (κ3) is 8.20. The number of aliphatic hydroxyl groups is 2. The lowest BCUT2D eigenvalue weighted by Crippen LogP contribution is -2.43. The molecule has 0 spiro atoms. The Bertz CT molecular complexity index is 226. The second kappa shape index (κ2) is 11.5. The van der Waals surface area contributed by atoms with E-state index in [-0.39, 0.29) is 12.1 Å². The number of hydrogen-bond acceptors (Lipinski definition) is 4. The quantitative estimate of drug-likeness (QED) is 0.426. The fourth-order valence-corrected chi connectivity index (χ4v) is 2.72. The van der Waals surface area contributed by atoms with E-state index in [9.17, 15) is 10.2 Å². The van der Waals surface area contributed by atoms with Gasteiger partial charge >= 0.3 is 0 Å². The van der Waals surface area contributed by atoms with E-state index in [1.807, 2.05) is 0 Å². The van der Waals surface area contributed by atoms with Crippen LogP contribution in [-0.4, -0.2) is 48.2 Å². The first kappa shape index (κ1) is 17.9. The average Bonchev–Trinajstić information content (AvgIpc) is 2.65. The molecule has 3 unspecified atom stereocenters. The summed E-state index contributed by atoms with van der Waals surface area (Å²) < 4.78 is 5.48. The number of nitrogens with one attached hydrogen (secondary N) is 1. The molecule has 20 heavy (non-hydrogen) atoms. The van der Waals surface area contributed by atoms with Crippen LogP contribution in [0.15, 0.2) is 0 Å². The Labute approximate surface area is 123 Å². The second-order valence-electron chi connectivity index (χ2n) is 6.01. The van der Waals surface area contributed by atoms with Crippen molar-refractivity contribution in [1.82, 2.24) is 5.32 Å². The summed E-state index contributed by atoms with van der Waals surface area (Å²) in [6, 6.07) is 0.136. The molecule has 120 valence electrons. The molecule has 3 N–H and O–H groups in total. The van der Waals surface area contributed by atoms with Crippen LogP contribution in [0.2, 0.25) is 0 Å². The normalized spacial score (nSPS) is 25.4. The summed E-state index contributed by atoms with van der Waals surface area (Å²) in [4.78, 5) is 0. The van der Waals surface area contributed by atoms with Gasteiger partial charge in [0.25, 0.3) is 0 Å². The minimum atomic E-state index is -0.475. The molecule has 0 radical (unpaired) electrons. The monoisotopic (exact) mass is 287 g/mol. The standard InChI is InChI=1S/C16H33NO3/c1-2-3-4-8-11-20-13-14(18)12-17-15-9-6-5-7-10-16(15)19/h14-19H,2-13H2,1H3. The molecule has 0 amide bonds. The van der Waals surface area contributed by atoms with Crippen molar-refractivity contribution < 1.29 is 14.9 Å². The number of aliphatic hydroxyl groups excluding tert-OH is 2. The summed E-state index contributed by atoms with van der Waals surface area (Å²) >= 11 is 0. The minimum absolute atomic E-state index is 0.136. The van der Waals surface area contributed by atoms with Crippen LogP contribution in [0.4, 0.5) is 0 Å². The molecule has 0 bridgehead atoms. The van der Waals surface area contributed by atoms with E-state index in [1.54, 1.807) is 0 Å². The average molecular weight is 287 g/mol. The fourth-order valence-electron chi connectivity index (χ4n) is 2.72. The molecule has 4 nitrogen and oxygen atoms in total. The van der Waals surface area contributed by atoms with Crippen LogP contribution in [0.1, 0.15) is 64.7 Å². The van der Waals surface area contributed by atoms with E-state index >= 15 is 0 Å². The molecule has 0 aromatic rings. The summed E-state index contributed by atoms with van der Waals surface area (Å²) in [5.41, 5.74) is 0. The molecular weight excluding hydrogens is 254 g/mol. The SMILES string of the molecule is CCCCCCOCC(O)CNC1CCCCCC1O. The van der Waals surface area contributed by atoms with Gasteiger partial charge in [-0.05, 0) is 19.3 Å². The predicted octanol–water partition coefficient (Wildman–Crippen LogP) is 2.23. The van der Waals surface area contributed by atoms with E-state index < -0.39 is 6.10 Å². The molecular formula is C16H33NO3. The highest BCUT2D eigenvalue weighted by Crippen LogP contribution is 2.17. The molecule has 0 aromatic heterocycles. The number of unbranched alkanes of at least 4 members (excludes halogenated alkanes) is 3. The van der Waals surface area contributed by atoms with Crippen LogP contribution in [0.3, 0.4) is 0 Å². The maximum atomic E-state index is 9.98. The van der Waals surface area contributed by atoms with Crippen LogP contribution < -0.4 is 5.32 Å². The predicted molar refractivity (Wildman–Crippen MR) is 81.9 cm³/mol. The van der Waals surface area contributed by atoms with Gasteiger partial charge in [-0.2, -0.15) is 0 Å². The number of ether oxygens (including phenoxy) is 1. The molecule has 1 saturated carbocycles. The Balaban J connectivity index is 2.02. The largest absolute Gasteiger partial charge is 0.392 e. The van der Waals surface area contributed by atoms with E-state index in [0.29, 0.717) is 13.2 Å². The van der Waals surface area contributed by atoms with E-state index in [0.717, 1.165) is 32.3 Å². The summed E-state index contributed by atoms with van der Waals surface area (Å²) in [7, 11) is 0. The Hall–Kier alpha value is -0.160. The molecule has 0 heterocycles. The molecule has 1 aliphatic carbocycles. The third-order valence-electron chi connectivity index (χ3n) is 4.05. The van der Waals surface area contributed by atoms with Crippen molar-refractivity contribution in [2.75, 3.05) is 19.8 Å². The van der Waals surface area contributed by atoms with Gasteiger partial charge in [-0.15, -0.1) is 0 Å². The highest BCUT2D eigenvalue weighted by molar-refractivity contribution is 4.79. The van der Waals surface area contributed by atoms with Gasteiger partial charge in [-0.1, -0.05) is 45.4 Å². The van der Waals surface area contributed by atoms with Gasteiger partial charge in [0.05, 0.1) is 18.8 Å². The first-order valence-corrected chi connectivity index (χ1v) is 8.41. The van der Waals surface area contributed by atoms with Gasteiger partial charge in [0.2, 0.25) is 0 Å². The van der Waals surface area contributed by atoms with Crippen molar-refractivity contribution in [3.63, 3.8) is 0 Å². The number of rotatable bonds is 10. The zero-order valence-corrected chi connectivity index (χ0v) is 13.0. The molecule has 0 saturated heterocycles. The van der Waals surface area contributed by atoms with Crippen molar-refractivity contribution in [1.29, 1.82) is 0 Å². The van der Waals surface area contributed by atoms with Gasteiger partial charge < -0.3 is 20.3 Å². The van der Waals surface area contributed by atoms with Crippen LogP contribution in [0.5, 0.6) is 0 Å². The van der Waals surface area contributed by atoms with Crippen molar-refractivity contribution >= 4 is 0 Å². The molecule has 3 atom stereocenters. The lowest BCUT2D eigenvalue weighted by atomic mass is 10.1. The summed E-state index contributed by atoms with van der Waals surface area (Å²) in [6.07, 6.45) is 9.40. The van der Waals surface area contributed by atoms with Crippen LogP contribution in [0, 0.1) is 0 Å². The van der Waals surface area contributed by atoms with Gasteiger partial charge in [0, 0.05) is 19.2 Å². The lowest BCUT2D eigenvalue weighted by molar-refractivity contribution is 0.0294. The van der Waals surface area contributed by atoms with Gasteiger partial charge in [-0.3, -0.25) is 0 Å². The van der Waals surface area contributed by atoms with E-state index in [4.69, 9.17) is 4.74 Å². The maximum Gasteiger partial charge on any atom is 0.0897 e. The summed E-state index contributed by atoms with van der Waals surface area (Å²) in [5, 5.41) is 23.1. The number of hydrogen-bond donors (Lipinski definition) is 3. The van der Waals surface area contributed by atoms with Gasteiger partial charge in [0.15, 0.2) is 0 Å². The van der Waals surface area contributed by atoms with Crippen LogP contribution in [0.25, 0.3) is 0 Å². The molecule has 0 aliphatic heterocycles. The van der Waals surface area contributed by atoms with Crippen molar-refractivity contribution in [2.24, 2.45) is 0 Å². The first-order chi connectivity index (χ1) is 9.74. The molecule has 0 aromatic carbocycles. The smallest absolute Gasteiger partial charge is 0.0897 e. The summed E-state index contributed by atoms with van der Waals surface area (Å²) in [5.74, 6) is 0. The maximum absolute atomic E-state index is 9.98. The molecule has 4 heteroatoms. The van der Waals surface area contributed by atoms with Gasteiger partial charge in [0.1, 0.15) is 0 Å². The Morgan fingerprint density at radius 1 is 1.15 bits per heavy atom. The molecule has 1 rings (SSSR count). The Kier molecular flexibility index (Phi) is 10.3. The van der Waals surface area contributed by atoms with E-state index in [2.05, 4.69) is 12.2 Å². The molecule has 1 fully saturated rings. The topological polar surface area (TPSA) is 61.7 Å². The first-order valence-electron chi connectivity index (χ1n) is 8.41. The fraction of sp³-hybridized carbons (Fsp3) is 1.00. The van der Waals surface area contributed by atoms with Crippen molar-refractivity contribution in [3.05, 3.63) is 0 Å².